The van der Waals surface area contributed by atoms with Gasteiger partial charge in [-0.25, -0.2) is 9.37 Å². The minimum Gasteiger partial charge on any atom is -0.486 e. The van der Waals surface area contributed by atoms with E-state index in [0.717, 1.165) is 31.9 Å². The second kappa shape index (κ2) is 9.23. The van der Waals surface area contributed by atoms with E-state index >= 15 is 0 Å². The molecule has 0 atom stereocenters. The predicted molar refractivity (Wildman–Crippen MR) is 129 cm³/mol. The first-order valence-electron chi connectivity index (χ1n) is 11.5. The number of aromatic nitrogens is 1. The Morgan fingerprint density at radius 2 is 1.97 bits per heavy atom. The van der Waals surface area contributed by atoms with E-state index in [2.05, 4.69) is 45.3 Å². The van der Waals surface area contributed by atoms with Crippen molar-refractivity contribution < 1.29 is 13.5 Å². The Morgan fingerprint density at radius 1 is 1.15 bits per heavy atom. The molecule has 2 N–H and O–H groups in total. The van der Waals surface area contributed by atoms with Crippen molar-refractivity contribution in [3.8, 4) is 23.1 Å². The monoisotopic (exact) mass is 462 g/mol. The number of piperazine rings is 1. The maximum absolute atomic E-state index is 14.8. The van der Waals surface area contributed by atoms with E-state index in [1.807, 2.05) is 18.2 Å². The van der Waals surface area contributed by atoms with Gasteiger partial charge in [0.1, 0.15) is 12.7 Å². The van der Waals surface area contributed by atoms with E-state index in [-0.39, 0.29) is 17.8 Å². The number of oxazole rings is 1. The van der Waals surface area contributed by atoms with Crippen LogP contribution < -0.4 is 25.2 Å². The van der Waals surface area contributed by atoms with Crippen molar-refractivity contribution in [3.63, 3.8) is 0 Å². The molecule has 2 aromatic carbocycles. The largest absolute Gasteiger partial charge is 0.486 e. The van der Waals surface area contributed by atoms with Crippen molar-refractivity contribution in [3.05, 3.63) is 47.9 Å². The lowest BCUT2D eigenvalue weighted by Gasteiger charge is -2.34. The number of rotatable bonds is 5. The van der Waals surface area contributed by atoms with Crippen molar-refractivity contribution in [2.45, 2.75) is 19.9 Å². The van der Waals surface area contributed by atoms with Crippen molar-refractivity contribution in [2.75, 3.05) is 54.4 Å². The van der Waals surface area contributed by atoms with Crippen molar-refractivity contribution in [2.24, 2.45) is 0 Å². The van der Waals surface area contributed by atoms with Gasteiger partial charge in [-0.1, -0.05) is 0 Å². The van der Waals surface area contributed by atoms with Crippen LogP contribution in [0.5, 0.6) is 5.75 Å². The number of hydrogen-bond donors (Lipinski definition) is 2. The highest BCUT2D eigenvalue weighted by atomic mass is 19.1. The zero-order valence-corrected chi connectivity index (χ0v) is 19.3. The summed E-state index contributed by atoms with van der Waals surface area (Å²) in [6.45, 7) is 8.81. The van der Waals surface area contributed by atoms with Gasteiger partial charge in [0, 0.05) is 43.5 Å². The molecular weight excluding hydrogens is 435 g/mol. The number of fused-ring (bicyclic) bond motifs is 1. The number of benzene rings is 2. The van der Waals surface area contributed by atoms with Crippen LogP contribution in [0.15, 0.2) is 40.9 Å². The molecule has 1 aromatic heterocycles. The van der Waals surface area contributed by atoms with E-state index in [1.165, 1.54) is 6.07 Å². The maximum Gasteiger partial charge on any atom is 0.299 e. The molecule has 0 spiro atoms. The normalized spacial score (nSPS) is 15.6. The van der Waals surface area contributed by atoms with E-state index in [9.17, 15) is 9.65 Å². The van der Waals surface area contributed by atoms with Crippen LogP contribution in [0.2, 0.25) is 0 Å². The molecule has 8 nitrogen and oxygen atoms in total. The van der Waals surface area contributed by atoms with E-state index in [1.54, 1.807) is 12.3 Å². The second-order valence-electron chi connectivity index (χ2n) is 8.68. The minimum atomic E-state index is -0.425. The van der Waals surface area contributed by atoms with Crippen molar-refractivity contribution in [1.82, 2.24) is 10.3 Å². The smallest absolute Gasteiger partial charge is 0.299 e. The minimum absolute atomic E-state index is 0.211. The van der Waals surface area contributed by atoms with Gasteiger partial charge in [0.15, 0.2) is 17.3 Å². The van der Waals surface area contributed by atoms with Gasteiger partial charge >= 0.3 is 0 Å². The van der Waals surface area contributed by atoms with Crippen LogP contribution in [0.25, 0.3) is 11.3 Å². The van der Waals surface area contributed by atoms with Gasteiger partial charge in [-0.3, -0.25) is 0 Å². The molecule has 0 amide bonds. The van der Waals surface area contributed by atoms with Gasteiger partial charge in [0.05, 0.1) is 29.7 Å². The number of nitrogens with one attached hydrogen (secondary N) is 2. The molecule has 2 aliphatic rings. The zero-order valence-electron chi connectivity index (χ0n) is 19.3. The van der Waals surface area contributed by atoms with Crippen LogP contribution >= 0.6 is 0 Å². The molecule has 176 valence electrons. The first kappa shape index (κ1) is 22.0. The SMILES string of the molecule is CC(C)N1CCOc2c(F)cc(-c3cnc(Nc4ccc(N5CCNCC5)c(C#N)c4)o3)cc21. The number of hydrogen-bond acceptors (Lipinski definition) is 8. The van der Waals surface area contributed by atoms with Crippen LogP contribution in [0.3, 0.4) is 0 Å². The van der Waals surface area contributed by atoms with Gasteiger partial charge in [-0.15, -0.1) is 0 Å². The van der Waals surface area contributed by atoms with Gasteiger partial charge in [0.25, 0.3) is 6.01 Å². The van der Waals surface area contributed by atoms with Gasteiger partial charge in [0.2, 0.25) is 0 Å². The number of ether oxygens (including phenoxy) is 1. The Kier molecular flexibility index (Phi) is 5.99. The summed E-state index contributed by atoms with van der Waals surface area (Å²) in [4.78, 5) is 8.63. The molecule has 1 fully saturated rings. The standard InChI is InChI=1S/C25H27FN6O2/c1-16(2)32-9-10-33-24-20(26)12-17(13-22(24)32)23-15-29-25(34-23)30-19-3-4-21(18(11-19)14-27)31-7-5-28-6-8-31/h3-4,11-13,15-16,28H,5-10H2,1-2H3,(H,29,30). The molecule has 2 aliphatic heterocycles. The Labute approximate surface area is 197 Å². The molecule has 0 bridgehead atoms. The molecule has 5 rings (SSSR count). The van der Waals surface area contributed by atoms with Crippen LogP contribution in [0, 0.1) is 17.1 Å². The highest BCUT2D eigenvalue weighted by Crippen LogP contribution is 2.39. The first-order valence-corrected chi connectivity index (χ1v) is 11.5. The third kappa shape index (κ3) is 4.24. The van der Waals surface area contributed by atoms with Crippen LogP contribution in [-0.2, 0) is 0 Å². The Balaban J connectivity index is 1.38. The van der Waals surface area contributed by atoms with Crippen LogP contribution in [-0.4, -0.2) is 50.4 Å². The highest BCUT2D eigenvalue weighted by Gasteiger charge is 2.25. The third-order valence-electron chi connectivity index (χ3n) is 6.15. The molecule has 34 heavy (non-hydrogen) atoms. The summed E-state index contributed by atoms with van der Waals surface area (Å²) in [7, 11) is 0. The predicted octanol–water partition coefficient (Wildman–Crippen LogP) is 4.11. The van der Waals surface area contributed by atoms with Crippen molar-refractivity contribution in [1.29, 1.82) is 5.26 Å². The Hall–Kier alpha value is -3.77. The van der Waals surface area contributed by atoms with E-state index < -0.39 is 5.82 Å². The average Bonchev–Trinajstić information content (AvgIpc) is 3.32. The lowest BCUT2D eigenvalue weighted by molar-refractivity contribution is 0.287. The van der Waals surface area contributed by atoms with Gasteiger partial charge in [-0.05, 0) is 44.2 Å². The molecule has 0 unspecified atom stereocenters. The number of nitriles is 1. The highest BCUT2D eigenvalue weighted by molar-refractivity contribution is 5.72. The average molecular weight is 463 g/mol. The second-order valence-corrected chi connectivity index (χ2v) is 8.68. The molecule has 0 saturated carbocycles. The molecule has 3 aromatic rings. The molecule has 0 aliphatic carbocycles. The number of halogens is 1. The summed E-state index contributed by atoms with van der Waals surface area (Å²) in [5, 5.41) is 16.1. The third-order valence-corrected chi connectivity index (χ3v) is 6.15. The summed E-state index contributed by atoms with van der Waals surface area (Å²) in [5.41, 5.74) is 3.50. The summed E-state index contributed by atoms with van der Waals surface area (Å²) < 4.78 is 26.3. The number of nitrogens with zero attached hydrogens (tertiary/aromatic N) is 4. The Morgan fingerprint density at radius 3 is 2.74 bits per heavy atom. The van der Waals surface area contributed by atoms with Crippen LogP contribution in [0.1, 0.15) is 19.4 Å². The molecule has 1 saturated heterocycles. The topological polar surface area (TPSA) is 89.6 Å². The summed E-state index contributed by atoms with van der Waals surface area (Å²) >= 11 is 0. The molecule has 9 heteroatoms. The van der Waals surface area contributed by atoms with Gasteiger partial charge in [-0.2, -0.15) is 5.26 Å². The van der Waals surface area contributed by atoms with E-state index in [4.69, 9.17) is 9.15 Å². The lowest BCUT2D eigenvalue weighted by atomic mass is 10.1. The molecular formula is C25H27FN6O2. The maximum atomic E-state index is 14.8. The molecule has 3 heterocycles. The van der Waals surface area contributed by atoms with Gasteiger partial charge < -0.3 is 29.6 Å². The Bertz CT molecular complexity index is 1230. The van der Waals surface area contributed by atoms with Crippen molar-refractivity contribution >= 4 is 23.1 Å². The quantitative estimate of drug-likeness (QED) is 0.586. The van der Waals surface area contributed by atoms with Crippen LogP contribution in [0.4, 0.5) is 27.5 Å². The fourth-order valence-electron chi connectivity index (χ4n) is 4.45. The first-order chi connectivity index (χ1) is 16.5. The summed E-state index contributed by atoms with van der Waals surface area (Å²) in [5.74, 6) is 0.289. The lowest BCUT2D eigenvalue weighted by Crippen LogP contribution is -2.43. The molecule has 0 radical (unpaired) electrons. The fraction of sp³-hybridized carbons (Fsp3) is 0.360. The number of anilines is 4. The summed E-state index contributed by atoms with van der Waals surface area (Å²) in [6.07, 6.45) is 1.56. The van der Waals surface area contributed by atoms with E-state index in [0.29, 0.717) is 41.4 Å². The summed E-state index contributed by atoms with van der Waals surface area (Å²) in [6, 6.07) is 11.7. The zero-order chi connectivity index (χ0) is 23.7. The fourth-order valence-corrected chi connectivity index (χ4v) is 4.45.